The molecule has 0 fully saturated rings. The summed E-state index contributed by atoms with van der Waals surface area (Å²) in [7, 11) is 0. The van der Waals surface area contributed by atoms with Crippen LogP contribution in [0.5, 0.6) is 0 Å². The summed E-state index contributed by atoms with van der Waals surface area (Å²) in [6.07, 6.45) is 1.67. The van der Waals surface area contributed by atoms with E-state index in [0.717, 1.165) is 6.42 Å². The van der Waals surface area contributed by atoms with Gasteiger partial charge in [-0.2, -0.15) is 0 Å². The predicted molar refractivity (Wildman–Crippen MR) is 68.8 cm³/mol. The van der Waals surface area contributed by atoms with Crippen molar-refractivity contribution in [3.05, 3.63) is 12.7 Å². The van der Waals surface area contributed by atoms with Crippen molar-refractivity contribution in [2.45, 2.75) is 36.3 Å². The second-order valence-electron chi connectivity index (χ2n) is 3.22. The lowest BCUT2D eigenvalue weighted by molar-refractivity contribution is -0.00106. The summed E-state index contributed by atoms with van der Waals surface area (Å²) in [4.78, 5) is 0. The van der Waals surface area contributed by atoms with E-state index in [2.05, 4.69) is 6.58 Å². The van der Waals surface area contributed by atoms with E-state index >= 15 is 0 Å². The van der Waals surface area contributed by atoms with Gasteiger partial charge < -0.3 is 9.47 Å². The summed E-state index contributed by atoms with van der Waals surface area (Å²) in [6.45, 7) is 8.01. The van der Waals surface area contributed by atoms with E-state index in [9.17, 15) is 0 Å². The van der Waals surface area contributed by atoms with Gasteiger partial charge in [0, 0.05) is 6.61 Å². The molecule has 0 aliphatic heterocycles. The number of alkyl halides is 3. The molecular weight excluding hydrogens is 272 g/mol. The Labute approximate surface area is 111 Å². The molecule has 0 aromatic heterocycles. The first-order valence-corrected chi connectivity index (χ1v) is 6.02. The van der Waals surface area contributed by atoms with Crippen molar-refractivity contribution in [3.8, 4) is 0 Å². The van der Waals surface area contributed by atoms with Gasteiger partial charge in [-0.1, -0.05) is 48.3 Å². The third kappa shape index (κ3) is 5.94. The lowest BCUT2D eigenvalue weighted by Gasteiger charge is -2.24. The van der Waals surface area contributed by atoms with Gasteiger partial charge in [0.25, 0.3) is 3.79 Å². The van der Waals surface area contributed by atoms with Crippen molar-refractivity contribution < 1.29 is 9.47 Å². The van der Waals surface area contributed by atoms with E-state index in [-0.39, 0.29) is 6.10 Å². The Hall–Kier alpha value is 0.0400. The fourth-order valence-corrected chi connectivity index (χ4v) is 1.07. The van der Waals surface area contributed by atoms with Gasteiger partial charge in [-0.05, 0) is 19.4 Å². The Bertz CT molecular complexity index is 241. The monoisotopic (exact) mass is 287 g/mol. The van der Waals surface area contributed by atoms with Gasteiger partial charge in [0.2, 0.25) is 5.90 Å². The van der Waals surface area contributed by atoms with Gasteiger partial charge in [0.05, 0.1) is 6.10 Å². The molecule has 0 saturated heterocycles. The number of hydrogen-bond donors (Lipinski definition) is 1. The summed E-state index contributed by atoms with van der Waals surface area (Å²) < 4.78 is 8.75. The number of halogens is 3. The second kappa shape index (κ2) is 7.38. The highest BCUT2D eigenvalue weighted by Crippen LogP contribution is 2.28. The highest BCUT2D eigenvalue weighted by Gasteiger charge is 2.31. The third-order valence-corrected chi connectivity index (χ3v) is 2.31. The van der Waals surface area contributed by atoms with Crippen LogP contribution in [0.1, 0.15) is 20.3 Å². The summed E-state index contributed by atoms with van der Waals surface area (Å²) >= 11 is 16.5. The van der Waals surface area contributed by atoms with Gasteiger partial charge in [-0.3, -0.25) is 5.41 Å². The Morgan fingerprint density at radius 2 is 2.06 bits per heavy atom. The molecule has 0 spiro atoms. The highest BCUT2D eigenvalue weighted by atomic mass is 35.6. The standard InChI is InChI=1S/C10H16Cl3NO2/c1-4-6-15-7(3)8(5-2)16-9(14)10(11,12)13/h5,7-8,14H,2,4,6H2,1,3H3/t7-,8+/m0/s1. The molecule has 0 aromatic carbocycles. The molecule has 0 aliphatic rings. The molecule has 1 N–H and O–H groups in total. The van der Waals surface area contributed by atoms with Gasteiger partial charge in [0.15, 0.2) is 0 Å². The molecule has 16 heavy (non-hydrogen) atoms. The van der Waals surface area contributed by atoms with E-state index in [4.69, 9.17) is 49.7 Å². The lowest BCUT2D eigenvalue weighted by atomic mass is 10.2. The van der Waals surface area contributed by atoms with Gasteiger partial charge >= 0.3 is 0 Å². The second-order valence-corrected chi connectivity index (χ2v) is 5.50. The molecule has 94 valence electrons. The third-order valence-electron chi connectivity index (χ3n) is 1.79. The van der Waals surface area contributed by atoms with Crippen molar-refractivity contribution in [2.24, 2.45) is 0 Å². The summed E-state index contributed by atoms with van der Waals surface area (Å²) in [5, 5.41) is 7.42. The molecule has 0 amide bonds. The molecule has 0 rings (SSSR count). The van der Waals surface area contributed by atoms with Crippen LogP contribution in [-0.4, -0.2) is 28.5 Å². The van der Waals surface area contributed by atoms with Crippen LogP contribution in [0.15, 0.2) is 12.7 Å². The van der Waals surface area contributed by atoms with Crippen molar-refractivity contribution >= 4 is 40.7 Å². The van der Waals surface area contributed by atoms with Crippen LogP contribution >= 0.6 is 34.8 Å². The Balaban J connectivity index is 4.29. The van der Waals surface area contributed by atoms with Gasteiger partial charge in [-0.25, -0.2) is 0 Å². The van der Waals surface area contributed by atoms with Crippen LogP contribution in [-0.2, 0) is 9.47 Å². The fraction of sp³-hybridized carbons (Fsp3) is 0.700. The first kappa shape index (κ1) is 16.0. The SMILES string of the molecule is C=C[C@@H](OC(=N)C(Cl)(Cl)Cl)[C@H](C)OCCC. The average Bonchev–Trinajstić information content (AvgIpc) is 2.20. The highest BCUT2D eigenvalue weighted by molar-refractivity contribution is 6.76. The zero-order valence-electron chi connectivity index (χ0n) is 9.30. The Morgan fingerprint density at radius 3 is 2.44 bits per heavy atom. The van der Waals surface area contributed by atoms with Crippen LogP contribution < -0.4 is 0 Å². The number of rotatable bonds is 6. The van der Waals surface area contributed by atoms with E-state index in [1.807, 2.05) is 13.8 Å². The summed E-state index contributed by atoms with van der Waals surface area (Å²) in [5.74, 6) is -0.436. The minimum atomic E-state index is -1.86. The molecule has 0 heterocycles. The molecule has 0 unspecified atom stereocenters. The minimum Gasteiger partial charge on any atom is -0.468 e. The van der Waals surface area contributed by atoms with Crippen molar-refractivity contribution in [1.29, 1.82) is 5.41 Å². The minimum absolute atomic E-state index is 0.245. The average molecular weight is 289 g/mol. The molecular formula is C10H16Cl3NO2. The van der Waals surface area contributed by atoms with Crippen molar-refractivity contribution in [2.75, 3.05) is 6.61 Å². The first-order chi connectivity index (χ1) is 7.32. The smallest absolute Gasteiger partial charge is 0.265 e. The van der Waals surface area contributed by atoms with E-state index in [1.54, 1.807) is 0 Å². The zero-order chi connectivity index (χ0) is 12.8. The Kier molecular flexibility index (Phi) is 7.40. The number of ether oxygens (including phenoxy) is 2. The van der Waals surface area contributed by atoms with Crippen LogP contribution in [0.4, 0.5) is 0 Å². The molecule has 6 heteroatoms. The van der Waals surface area contributed by atoms with E-state index in [0.29, 0.717) is 6.61 Å². The molecule has 2 atom stereocenters. The maximum absolute atomic E-state index is 7.42. The van der Waals surface area contributed by atoms with Crippen LogP contribution in [0.2, 0.25) is 0 Å². The van der Waals surface area contributed by atoms with Crippen LogP contribution in [0.25, 0.3) is 0 Å². The number of hydrogen-bond acceptors (Lipinski definition) is 3. The Morgan fingerprint density at radius 1 is 1.50 bits per heavy atom. The largest absolute Gasteiger partial charge is 0.468 e. The van der Waals surface area contributed by atoms with Crippen molar-refractivity contribution in [3.63, 3.8) is 0 Å². The quantitative estimate of drug-likeness (QED) is 0.350. The van der Waals surface area contributed by atoms with E-state index < -0.39 is 15.8 Å². The molecule has 0 aromatic rings. The maximum atomic E-state index is 7.42. The normalized spacial score (nSPS) is 15.3. The molecule has 3 nitrogen and oxygen atoms in total. The number of nitrogens with one attached hydrogen (secondary N) is 1. The van der Waals surface area contributed by atoms with Gasteiger partial charge in [-0.15, -0.1) is 0 Å². The van der Waals surface area contributed by atoms with Gasteiger partial charge in [0.1, 0.15) is 6.10 Å². The first-order valence-electron chi connectivity index (χ1n) is 4.89. The van der Waals surface area contributed by atoms with E-state index in [1.165, 1.54) is 6.08 Å². The predicted octanol–water partition coefficient (Wildman–Crippen LogP) is 3.72. The summed E-state index contributed by atoms with van der Waals surface area (Å²) in [5.41, 5.74) is 0. The zero-order valence-corrected chi connectivity index (χ0v) is 11.6. The maximum Gasteiger partial charge on any atom is 0.265 e. The van der Waals surface area contributed by atoms with Crippen LogP contribution in [0.3, 0.4) is 0 Å². The van der Waals surface area contributed by atoms with Crippen molar-refractivity contribution in [1.82, 2.24) is 0 Å². The molecule has 0 aliphatic carbocycles. The summed E-state index contributed by atoms with van der Waals surface area (Å²) in [6, 6.07) is 0. The van der Waals surface area contributed by atoms with Crippen LogP contribution in [0, 0.1) is 5.41 Å². The topological polar surface area (TPSA) is 42.3 Å². The molecule has 0 saturated carbocycles. The fourth-order valence-electron chi connectivity index (χ4n) is 0.937. The lowest BCUT2D eigenvalue weighted by Crippen LogP contribution is -2.33. The molecule has 0 radical (unpaired) electrons. The molecule has 0 bridgehead atoms.